The van der Waals surface area contributed by atoms with E-state index in [2.05, 4.69) is 20.5 Å². The molecule has 138 valence electrons. The van der Waals surface area contributed by atoms with Crippen LogP contribution in [0.2, 0.25) is 0 Å². The number of carbonyl (C=O) groups excluding carboxylic acids is 1. The second kappa shape index (κ2) is 8.41. The molecule has 0 fully saturated rings. The van der Waals surface area contributed by atoms with E-state index in [9.17, 15) is 4.79 Å². The molecule has 2 aromatic carbocycles. The van der Waals surface area contributed by atoms with E-state index in [-0.39, 0.29) is 5.91 Å². The molecular weight excluding hydrogens is 372 g/mol. The first-order chi connectivity index (χ1) is 13.8. The van der Waals surface area contributed by atoms with Gasteiger partial charge in [0.25, 0.3) is 5.91 Å². The largest absolute Gasteiger partial charge is 0.489 e. The highest BCUT2D eigenvalue weighted by molar-refractivity contribution is 7.18. The van der Waals surface area contributed by atoms with Crippen LogP contribution in [0.5, 0.6) is 5.75 Å². The fraction of sp³-hybridized carbons (Fsp3) is 0.0476. The van der Waals surface area contributed by atoms with Gasteiger partial charge in [-0.15, -0.1) is 10.2 Å². The minimum absolute atomic E-state index is 0.254. The van der Waals surface area contributed by atoms with E-state index in [4.69, 9.17) is 4.74 Å². The number of aromatic nitrogens is 3. The Bertz CT molecular complexity index is 1070. The zero-order valence-corrected chi connectivity index (χ0v) is 15.6. The number of carbonyl (C=O) groups is 1. The van der Waals surface area contributed by atoms with Crippen LogP contribution in [0.15, 0.2) is 79.0 Å². The first-order valence-electron chi connectivity index (χ1n) is 8.61. The molecule has 2 heterocycles. The van der Waals surface area contributed by atoms with Gasteiger partial charge in [-0.2, -0.15) is 0 Å². The number of amides is 1. The van der Waals surface area contributed by atoms with Gasteiger partial charge < -0.3 is 4.74 Å². The normalized spacial score (nSPS) is 10.4. The first kappa shape index (κ1) is 17.8. The van der Waals surface area contributed by atoms with Gasteiger partial charge in [-0.1, -0.05) is 53.8 Å². The van der Waals surface area contributed by atoms with Crippen molar-refractivity contribution in [1.29, 1.82) is 0 Å². The van der Waals surface area contributed by atoms with Crippen LogP contribution in [0, 0.1) is 0 Å². The molecule has 0 atom stereocenters. The third-order valence-corrected chi connectivity index (χ3v) is 4.79. The zero-order valence-electron chi connectivity index (χ0n) is 14.8. The van der Waals surface area contributed by atoms with Gasteiger partial charge in [-0.25, -0.2) is 0 Å². The molecule has 2 aromatic heterocycles. The lowest BCUT2D eigenvalue weighted by Crippen LogP contribution is -2.15. The Labute approximate surface area is 165 Å². The third-order valence-electron chi connectivity index (χ3n) is 3.93. The summed E-state index contributed by atoms with van der Waals surface area (Å²) in [4.78, 5) is 17.0. The summed E-state index contributed by atoms with van der Waals surface area (Å²) in [5.74, 6) is 0.498. The van der Waals surface area contributed by atoms with Gasteiger partial charge in [0.2, 0.25) is 5.13 Å². The highest BCUT2D eigenvalue weighted by Crippen LogP contribution is 2.25. The van der Waals surface area contributed by atoms with Crippen molar-refractivity contribution in [3.63, 3.8) is 0 Å². The van der Waals surface area contributed by atoms with Crippen molar-refractivity contribution < 1.29 is 9.53 Å². The monoisotopic (exact) mass is 388 g/mol. The fourth-order valence-electron chi connectivity index (χ4n) is 2.58. The summed E-state index contributed by atoms with van der Waals surface area (Å²) in [7, 11) is 0. The minimum atomic E-state index is -0.254. The van der Waals surface area contributed by atoms with Gasteiger partial charge in [-0.3, -0.25) is 15.1 Å². The number of hydrogen-bond acceptors (Lipinski definition) is 6. The number of pyridine rings is 1. The van der Waals surface area contributed by atoms with E-state index < -0.39 is 0 Å². The Morgan fingerprint density at radius 2 is 1.71 bits per heavy atom. The third kappa shape index (κ3) is 4.21. The average Bonchev–Trinajstić information content (AvgIpc) is 3.22. The Kier molecular flexibility index (Phi) is 5.35. The number of anilines is 1. The van der Waals surface area contributed by atoms with E-state index in [1.807, 2.05) is 66.7 Å². The lowest BCUT2D eigenvalue weighted by atomic mass is 10.1. The molecule has 0 aliphatic heterocycles. The standard InChI is InChI=1S/C21H16N4O2S/c26-19(23-21-25-24-20(28-21)18-12-6-7-13-22-18)17-11-5-4-8-15(17)14-27-16-9-2-1-3-10-16/h1-13H,14H2,(H,23,25,26). The van der Waals surface area contributed by atoms with Crippen LogP contribution >= 0.6 is 11.3 Å². The SMILES string of the molecule is O=C(Nc1nnc(-c2ccccn2)s1)c1ccccc1COc1ccccc1. The van der Waals surface area contributed by atoms with Gasteiger partial charge >= 0.3 is 0 Å². The molecule has 4 rings (SSSR count). The van der Waals surface area contributed by atoms with Crippen LogP contribution in [0.1, 0.15) is 15.9 Å². The molecular formula is C21H16N4O2S. The quantitative estimate of drug-likeness (QED) is 0.529. The van der Waals surface area contributed by atoms with E-state index in [0.717, 1.165) is 17.0 Å². The predicted molar refractivity (Wildman–Crippen MR) is 108 cm³/mol. The topological polar surface area (TPSA) is 77.0 Å². The molecule has 4 aromatic rings. The maximum Gasteiger partial charge on any atom is 0.257 e. The summed E-state index contributed by atoms with van der Waals surface area (Å²) in [6, 6.07) is 22.4. The van der Waals surface area contributed by atoms with Crippen LogP contribution < -0.4 is 10.1 Å². The molecule has 0 aliphatic rings. The van der Waals surface area contributed by atoms with Crippen molar-refractivity contribution in [2.75, 3.05) is 5.32 Å². The van der Waals surface area contributed by atoms with Gasteiger partial charge in [0.1, 0.15) is 18.1 Å². The Hall–Kier alpha value is -3.58. The summed E-state index contributed by atoms with van der Waals surface area (Å²) in [6.07, 6.45) is 1.69. The lowest BCUT2D eigenvalue weighted by Gasteiger charge is -2.10. The van der Waals surface area contributed by atoms with Gasteiger partial charge in [0, 0.05) is 17.3 Å². The van der Waals surface area contributed by atoms with Crippen molar-refractivity contribution in [1.82, 2.24) is 15.2 Å². The predicted octanol–water partition coefficient (Wildman–Crippen LogP) is 4.43. The van der Waals surface area contributed by atoms with Crippen molar-refractivity contribution in [3.05, 3.63) is 90.1 Å². The van der Waals surface area contributed by atoms with Gasteiger partial charge in [0.15, 0.2) is 5.01 Å². The number of rotatable bonds is 6. The molecule has 0 bridgehead atoms. The molecule has 0 aliphatic carbocycles. The summed E-state index contributed by atoms with van der Waals surface area (Å²) in [5, 5.41) is 12.0. The smallest absolute Gasteiger partial charge is 0.257 e. The summed E-state index contributed by atoms with van der Waals surface area (Å²) < 4.78 is 5.78. The van der Waals surface area contributed by atoms with E-state index in [1.165, 1.54) is 11.3 Å². The van der Waals surface area contributed by atoms with E-state index in [1.54, 1.807) is 12.3 Å². The second-order valence-corrected chi connectivity index (χ2v) is 6.82. The molecule has 1 amide bonds. The fourth-order valence-corrected chi connectivity index (χ4v) is 3.29. The summed E-state index contributed by atoms with van der Waals surface area (Å²) in [5.41, 5.74) is 2.04. The Balaban J connectivity index is 1.47. The Morgan fingerprint density at radius 1 is 0.929 bits per heavy atom. The Morgan fingerprint density at radius 3 is 2.54 bits per heavy atom. The molecule has 7 heteroatoms. The number of benzene rings is 2. The molecule has 0 spiro atoms. The van der Waals surface area contributed by atoms with Gasteiger partial charge in [0.05, 0.1) is 0 Å². The first-order valence-corrected chi connectivity index (χ1v) is 9.43. The van der Waals surface area contributed by atoms with Crippen LogP contribution in [-0.2, 0) is 6.61 Å². The maximum atomic E-state index is 12.7. The van der Waals surface area contributed by atoms with Crippen molar-refractivity contribution >= 4 is 22.4 Å². The highest BCUT2D eigenvalue weighted by Gasteiger charge is 2.15. The number of nitrogens with one attached hydrogen (secondary N) is 1. The van der Waals surface area contributed by atoms with E-state index in [0.29, 0.717) is 22.3 Å². The number of nitrogens with zero attached hydrogens (tertiary/aromatic N) is 3. The van der Waals surface area contributed by atoms with Gasteiger partial charge in [-0.05, 0) is 30.3 Å². The maximum absolute atomic E-state index is 12.7. The van der Waals surface area contributed by atoms with Crippen molar-refractivity contribution in [2.45, 2.75) is 6.61 Å². The minimum Gasteiger partial charge on any atom is -0.489 e. The zero-order chi connectivity index (χ0) is 19.2. The molecule has 0 saturated heterocycles. The number of para-hydroxylation sites is 1. The number of ether oxygens (including phenoxy) is 1. The molecule has 0 saturated carbocycles. The lowest BCUT2D eigenvalue weighted by molar-refractivity contribution is 0.102. The summed E-state index contributed by atoms with van der Waals surface area (Å²) in [6.45, 7) is 0.295. The van der Waals surface area contributed by atoms with E-state index >= 15 is 0 Å². The van der Waals surface area contributed by atoms with Crippen LogP contribution in [-0.4, -0.2) is 21.1 Å². The molecule has 0 unspecified atom stereocenters. The average molecular weight is 388 g/mol. The number of hydrogen-bond donors (Lipinski definition) is 1. The summed E-state index contributed by atoms with van der Waals surface area (Å²) >= 11 is 1.28. The highest BCUT2D eigenvalue weighted by atomic mass is 32.1. The van der Waals surface area contributed by atoms with Crippen LogP contribution in [0.4, 0.5) is 5.13 Å². The van der Waals surface area contributed by atoms with Crippen LogP contribution in [0.3, 0.4) is 0 Å². The van der Waals surface area contributed by atoms with Crippen molar-refractivity contribution in [3.8, 4) is 16.5 Å². The molecule has 1 N–H and O–H groups in total. The molecule has 6 nitrogen and oxygen atoms in total. The molecule has 0 radical (unpaired) electrons. The van der Waals surface area contributed by atoms with Crippen LogP contribution in [0.25, 0.3) is 10.7 Å². The molecule has 28 heavy (non-hydrogen) atoms. The van der Waals surface area contributed by atoms with Crippen molar-refractivity contribution in [2.24, 2.45) is 0 Å². The second-order valence-electron chi connectivity index (χ2n) is 5.84.